The molecule has 1 unspecified atom stereocenters. The number of nitrogens with zero attached hydrogens (tertiary/aromatic N) is 3. The highest BCUT2D eigenvalue weighted by molar-refractivity contribution is 7.99. The van der Waals surface area contributed by atoms with E-state index in [4.69, 9.17) is 4.74 Å². The highest BCUT2D eigenvalue weighted by Gasteiger charge is 2.22. The number of aromatic nitrogens is 3. The molecule has 6 nitrogen and oxygen atoms in total. The number of thioether (sulfide) groups is 1. The average Bonchev–Trinajstić information content (AvgIpc) is 3.15. The first-order valence-electron chi connectivity index (χ1n) is 9.49. The van der Waals surface area contributed by atoms with Crippen molar-refractivity contribution in [2.75, 3.05) is 11.1 Å². The summed E-state index contributed by atoms with van der Waals surface area (Å²) in [7, 11) is 0. The molecule has 0 saturated carbocycles. The van der Waals surface area contributed by atoms with Crippen LogP contribution in [0.5, 0.6) is 5.75 Å². The quantitative estimate of drug-likeness (QED) is 0.481. The van der Waals surface area contributed by atoms with Crippen molar-refractivity contribution in [2.45, 2.75) is 38.1 Å². The largest absolute Gasteiger partial charge is 0.483 e. The summed E-state index contributed by atoms with van der Waals surface area (Å²) >= 11 is 1.16. The van der Waals surface area contributed by atoms with Crippen molar-refractivity contribution in [1.82, 2.24) is 14.8 Å². The summed E-state index contributed by atoms with van der Waals surface area (Å²) < 4.78 is 47.1. The van der Waals surface area contributed by atoms with Crippen LogP contribution in [0, 0.1) is 17.5 Å². The molecule has 1 amide bonds. The van der Waals surface area contributed by atoms with E-state index in [9.17, 15) is 18.0 Å². The molecule has 3 aromatic rings. The predicted octanol–water partition coefficient (Wildman–Crippen LogP) is 5.15. The van der Waals surface area contributed by atoms with E-state index >= 15 is 0 Å². The van der Waals surface area contributed by atoms with Gasteiger partial charge < -0.3 is 14.6 Å². The Labute approximate surface area is 181 Å². The molecular weight excluding hydrogens is 429 g/mol. The van der Waals surface area contributed by atoms with Gasteiger partial charge in [-0.1, -0.05) is 11.8 Å². The van der Waals surface area contributed by atoms with E-state index in [2.05, 4.69) is 15.5 Å². The third-order valence-corrected chi connectivity index (χ3v) is 5.18. The first kappa shape index (κ1) is 22.7. The molecule has 10 heteroatoms. The van der Waals surface area contributed by atoms with Crippen molar-refractivity contribution in [2.24, 2.45) is 0 Å². The van der Waals surface area contributed by atoms with Crippen LogP contribution >= 0.6 is 11.8 Å². The molecule has 0 radical (unpaired) electrons. The summed E-state index contributed by atoms with van der Waals surface area (Å²) in [5, 5.41) is 11.4. The van der Waals surface area contributed by atoms with Crippen LogP contribution in [0.2, 0.25) is 0 Å². The van der Waals surface area contributed by atoms with Gasteiger partial charge in [0.15, 0.2) is 28.7 Å². The van der Waals surface area contributed by atoms with E-state index in [1.165, 1.54) is 30.3 Å². The molecule has 31 heavy (non-hydrogen) atoms. The second kappa shape index (κ2) is 9.86. The van der Waals surface area contributed by atoms with Crippen LogP contribution in [-0.4, -0.2) is 26.4 Å². The van der Waals surface area contributed by atoms with Crippen LogP contribution in [-0.2, 0) is 4.79 Å². The molecule has 0 saturated heterocycles. The maximum atomic E-state index is 13.3. The first-order chi connectivity index (χ1) is 14.7. The molecule has 0 aliphatic carbocycles. The Morgan fingerprint density at radius 1 is 1.06 bits per heavy atom. The Bertz CT molecular complexity index is 1060. The molecule has 3 rings (SSSR count). The molecule has 2 aromatic carbocycles. The summed E-state index contributed by atoms with van der Waals surface area (Å²) in [5.41, 5.74) is 0.164. The zero-order valence-corrected chi connectivity index (χ0v) is 17.9. The smallest absolute Gasteiger partial charge is 0.234 e. The Kier molecular flexibility index (Phi) is 7.21. The fourth-order valence-corrected chi connectivity index (χ4v) is 3.69. The Morgan fingerprint density at radius 2 is 1.77 bits per heavy atom. The van der Waals surface area contributed by atoms with Crippen molar-refractivity contribution >= 4 is 23.4 Å². The number of benzene rings is 2. The van der Waals surface area contributed by atoms with Crippen LogP contribution in [0.3, 0.4) is 0 Å². The molecule has 0 spiro atoms. The molecule has 1 aromatic heterocycles. The fraction of sp³-hybridized carbons (Fsp3) is 0.286. The van der Waals surface area contributed by atoms with Gasteiger partial charge in [0.1, 0.15) is 11.6 Å². The molecule has 0 aliphatic heterocycles. The molecule has 0 aliphatic rings. The summed E-state index contributed by atoms with van der Waals surface area (Å²) in [4.78, 5) is 12.2. The Morgan fingerprint density at radius 3 is 2.42 bits per heavy atom. The summed E-state index contributed by atoms with van der Waals surface area (Å²) in [5.74, 6) is -1.73. The van der Waals surface area contributed by atoms with Gasteiger partial charge in [-0.2, -0.15) is 0 Å². The number of nitrogens with one attached hydrogen (secondary N) is 1. The maximum absolute atomic E-state index is 13.3. The van der Waals surface area contributed by atoms with E-state index in [0.717, 1.165) is 23.9 Å². The van der Waals surface area contributed by atoms with Gasteiger partial charge in [0.25, 0.3) is 0 Å². The van der Waals surface area contributed by atoms with Crippen LogP contribution < -0.4 is 10.1 Å². The minimum atomic E-state index is -1.04. The van der Waals surface area contributed by atoms with Gasteiger partial charge in [-0.15, -0.1) is 10.2 Å². The van der Waals surface area contributed by atoms with E-state index in [1.54, 1.807) is 6.92 Å². The standard InChI is InChI=1S/C21H21F3N4O2S/c1-12(2)28-20(13(3)30-16-7-4-14(22)5-8-16)26-27-21(28)31-11-19(29)25-15-6-9-17(23)18(24)10-15/h4-10,12-13H,11H2,1-3H3,(H,25,29). The van der Waals surface area contributed by atoms with Crippen molar-refractivity contribution in [3.05, 3.63) is 65.7 Å². The second-order valence-corrected chi connectivity index (χ2v) is 7.93. The molecule has 0 fully saturated rings. The maximum Gasteiger partial charge on any atom is 0.234 e. The summed E-state index contributed by atoms with van der Waals surface area (Å²) in [6, 6.07) is 8.80. The highest BCUT2D eigenvalue weighted by Crippen LogP contribution is 2.28. The SMILES string of the molecule is CC(Oc1ccc(F)cc1)c1nnc(SCC(=O)Nc2ccc(F)c(F)c2)n1C(C)C. The fourth-order valence-electron chi connectivity index (χ4n) is 2.82. The molecule has 0 bridgehead atoms. The normalized spacial score (nSPS) is 12.1. The van der Waals surface area contributed by atoms with E-state index in [0.29, 0.717) is 16.7 Å². The van der Waals surface area contributed by atoms with Crippen LogP contribution in [0.1, 0.15) is 38.7 Å². The molecular formula is C21H21F3N4O2S. The minimum absolute atomic E-state index is 0.00293. The zero-order valence-electron chi connectivity index (χ0n) is 17.1. The number of carbonyl (C=O) groups excluding carboxylic acids is 1. The molecule has 164 valence electrons. The zero-order chi connectivity index (χ0) is 22.5. The number of ether oxygens (including phenoxy) is 1. The van der Waals surface area contributed by atoms with Crippen molar-refractivity contribution in [1.29, 1.82) is 0 Å². The number of amides is 1. The lowest BCUT2D eigenvalue weighted by atomic mass is 10.3. The van der Waals surface area contributed by atoms with Gasteiger partial charge in [0.2, 0.25) is 5.91 Å². The summed E-state index contributed by atoms with van der Waals surface area (Å²) in [6.45, 7) is 5.70. The van der Waals surface area contributed by atoms with Gasteiger partial charge in [0.05, 0.1) is 5.75 Å². The number of rotatable bonds is 8. The third-order valence-electron chi connectivity index (χ3n) is 4.23. The van der Waals surface area contributed by atoms with Crippen molar-refractivity contribution in [3.8, 4) is 5.75 Å². The monoisotopic (exact) mass is 450 g/mol. The number of halogens is 3. The van der Waals surface area contributed by atoms with Gasteiger partial charge in [0, 0.05) is 17.8 Å². The van der Waals surface area contributed by atoms with Crippen molar-refractivity contribution in [3.63, 3.8) is 0 Å². The number of anilines is 1. The lowest BCUT2D eigenvalue weighted by molar-refractivity contribution is -0.113. The van der Waals surface area contributed by atoms with Crippen LogP contribution in [0.25, 0.3) is 0 Å². The van der Waals surface area contributed by atoms with Crippen molar-refractivity contribution < 1.29 is 22.7 Å². The molecule has 1 N–H and O–H groups in total. The van der Waals surface area contributed by atoms with Crippen LogP contribution in [0.4, 0.5) is 18.9 Å². The Hall–Kier alpha value is -3.01. The number of hydrogen-bond donors (Lipinski definition) is 1. The topological polar surface area (TPSA) is 69.0 Å². The molecule has 1 heterocycles. The average molecular weight is 450 g/mol. The lowest BCUT2D eigenvalue weighted by Crippen LogP contribution is -2.16. The lowest BCUT2D eigenvalue weighted by Gasteiger charge is -2.18. The predicted molar refractivity (Wildman–Crippen MR) is 112 cm³/mol. The Balaban J connectivity index is 1.67. The van der Waals surface area contributed by atoms with Gasteiger partial charge in [-0.05, 0) is 57.2 Å². The van der Waals surface area contributed by atoms with E-state index in [-0.39, 0.29) is 23.3 Å². The third kappa shape index (κ3) is 5.78. The summed E-state index contributed by atoms with van der Waals surface area (Å²) in [6.07, 6.45) is -0.467. The number of hydrogen-bond acceptors (Lipinski definition) is 5. The minimum Gasteiger partial charge on any atom is -0.483 e. The second-order valence-electron chi connectivity index (χ2n) is 6.98. The van der Waals surface area contributed by atoms with Gasteiger partial charge >= 0.3 is 0 Å². The molecule has 1 atom stereocenters. The van der Waals surface area contributed by atoms with Gasteiger partial charge in [-0.25, -0.2) is 13.2 Å². The van der Waals surface area contributed by atoms with Crippen LogP contribution in [0.15, 0.2) is 47.6 Å². The van der Waals surface area contributed by atoms with E-state index < -0.39 is 23.6 Å². The van der Waals surface area contributed by atoms with Gasteiger partial charge in [-0.3, -0.25) is 4.79 Å². The highest BCUT2D eigenvalue weighted by atomic mass is 32.2. The van der Waals surface area contributed by atoms with E-state index in [1.807, 2.05) is 18.4 Å². The number of carbonyl (C=O) groups is 1. The first-order valence-corrected chi connectivity index (χ1v) is 10.5.